The molecule has 3 aromatic carbocycles. The van der Waals surface area contributed by atoms with Crippen LogP contribution in [0.4, 0.5) is 11.4 Å². The van der Waals surface area contributed by atoms with Crippen LogP contribution in [0.1, 0.15) is 10.4 Å². The summed E-state index contributed by atoms with van der Waals surface area (Å²) in [5, 5.41) is 2.77. The van der Waals surface area contributed by atoms with Crippen molar-refractivity contribution in [2.45, 2.75) is 4.90 Å². The summed E-state index contributed by atoms with van der Waals surface area (Å²) < 4.78 is 28.1. The molecule has 0 atom stereocenters. The Labute approximate surface area is 172 Å². The van der Waals surface area contributed by atoms with Crippen LogP contribution in [0.2, 0.25) is 0 Å². The number of para-hydroxylation sites is 1. The Balaban J connectivity index is 1.59. The van der Waals surface area contributed by atoms with Crippen LogP contribution in [-0.2, 0) is 10.0 Å². The fraction of sp³-hybridized carbons (Fsp3) is 0.0476. The molecule has 0 saturated heterocycles. The summed E-state index contributed by atoms with van der Waals surface area (Å²) in [6, 6.07) is 20.3. The number of rotatable bonds is 5. The van der Waals surface area contributed by atoms with Gasteiger partial charge in [0.1, 0.15) is 0 Å². The second kappa shape index (κ2) is 7.65. The van der Waals surface area contributed by atoms with Crippen LogP contribution >= 0.6 is 11.3 Å². The molecule has 0 bridgehead atoms. The van der Waals surface area contributed by atoms with Crippen molar-refractivity contribution in [3.63, 3.8) is 0 Å². The van der Waals surface area contributed by atoms with Gasteiger partial charge in [0.25, 0.3) is 15.9 Å². The summed E-state index contributed by atoms with van der Waals surface area (Å²) in [4.78, 5) is 16.9. The number of carbonyl (C=O) groups excluding carboxylic acids is 1. The van der Waals surface area contributed by atoms with E-state index in [1.807, 2.05) is 6.07 Å². The van der Waals surface area contributed by atoms with E-state index in [9.17, 15) is 13.2 Å². The van der Waals surface area contributed by atoms with Crippen molar-refractivity contribution in [1.82, 2.24) is 4.98 Å². The summed E-state index contributed by atoms with van der Waals surface area (Å²) in [6.45, 7) is 0. The van der Waals surface area contributed by atoms with Crippen LogP contribution in [0, 0.1) is 0 Å². The predicted molar refractivity (Wildman–Crippen MR) is 116 cm³/mol. The molecule has 6 nitrogen and oxygen atoms in total. The maximum atomic E-state index is 13.0. The van der Waals surface area contributed by atoms with Crippen molar-refractivity contribution in [3.8, 4) is 0 Å². The molecule has 0 saturated carbocycles. The zero-order chi connectivity index (χ0) is 20.4. The van der Waals surface area contributed by atoms with Gasteiger partial charge in [-0.15, -0.1) is 11.3 Å². The zero-order valence-electron chi connectivity index (χ0n) is 15.4. The Morgan fingerprint density at radius 2 is 1.79 bits per heavy atom. The Bertz CT molecular complexity index is 1280. The van der Waals surface area contributed by atoms with Crippen molar-refractivity contribution >= 4 is 48.9 Å². The monoisotopic (exact) mass is 423 g/mol. The second-order valence-electron chi connectivity index (χ2n) is 6.32. The number of carbonyl (C=O) groups is 1. The minimum absolute atomic E-state index is 0.0968. The van der Waals surface area contributed by atoms with Gasteiger partial charge in [0.2, 0.25) is 0 Å². The number of fused-ring (bicyclic) bond motifs is 1. The van der Waals surface area contributed by atoms with Gasteiger partial charge in [-0.2, -0.15) is 0 Å². The largest absolute Gasteiger partial charge is 0.322 e. The summed E-state index contributed by atoms with van der Waals surface area (Å²) >= 11 is 1.46. The third-order valence-corrected chi connectivity index (χ3v) is 7.04. The number of aromatic nitrogens is 1. The first-order chi connectivity index (χ1) is 13.9. The molecular formula is C21H17N3O3S2. The summed E-state index contributed by atoms with van der Waals surface area (Å²) in [7, 11) is -2.26. The highest BCUT2D eigenvalue weighted by molar-refractivity contribution is 7.92. The minimum Gasteiger partial charge on any atom is -0.322 e. The molecule has 4 rings (SSSR count). The smallest absolute Gasteiger partial charge is 0.264 e. The van der Waals surface area contributed by atoms with E-state index in [0.29, 0.717) is 16.9 Å². The number of thiazole rings is 1. The van der Waals surface area contributed by atoms with E-state index in [2.05, 4.69) is 10.3 Å². The van der Waals surface area contributed by atoms with Crippen molar-refractivity contribution in [2.24, 2.45) is 0 Å². The highest BCUT2D eigenvalue weighted by atomic mass is 32.2. The predicted octanol–water partition coefficient (Wildman–Crippen LogP) is 4.37. The lowest BCUT2D eigenvalue weighted by Crippen LogP contribution is -2.26. The Kier molecular flexibility index (Phi) is 5.04. The molecule has 29 heavy (non-hydrogen) atoms. The first-order valence-corrected chi connectivity index (χ1v) is 11.1. The van der Waals surface area contributed by atoms with E-state index < -0.39 is 10.0 Å². The summed E-state index contributed by atoms with van der Waals surface area (Å²) in [5.74, 6) is -0.314. The molecule has 8 heteroatoms. The number of amides is 1. The standard InChI is InChI=1S/C21H17N3O3S2/c1-24(17-7-3-2-4-8-17)29(26,27)18-9-5-6-16(13-18)23-21(25)15-10-11-19-20(12-15)28-14-22-19/h2-14H,1H3,(H,23,25). The van der Waals surface area contributed by atoms with Gasteiger partial charge in [0.05, 0.1) is 26.3 Å². The van der Waals surface area contributed by atoms with Gasteiger partial charge in [-0.25, -0.2) is 13.4 Å². The average molecular weight is 424 g/mol. The van der Waals surface area contributed by atoms with E-state index in [1.165, 1.54) is 34.8 Å². The summed E-state index contributed by atoms with van der Waals surface area (Å²) in [6.07, 6.45) is 0. The van der Waals surface area contributed by atoms with Crippen LogP contribution in [0.25, 0.3) is 10.2 Å². The van der Waals surface area contributed by atoms with Crippen molar-refractivity contribution < 1.29 is 13.2 Å². The molecule has 0 aliphatic rings. The lowest BCUT2D eigenvalue weighted by molar-refractivity contribution is 0.102. The molecule has 146 valence electrons. The van der Waals surface area contributed by atoms with Gasteiger partial charge in [-0.05, 0) is 48.5 Å². The highest BCUT2D eigenvalue weighted by Crippen LogP contribution is 2.24. The lowest BCUT2D eigenvalue weighted by atomic mass is 10.2. The van der Waals surface area contributed by atoms with E-state index in [-0.39, 0.29) is 10.8 Å². The normalized spacial score (nSPS) is 11.3. The molecular weight excluding hydrogens is 406 g/mol. The molecule has 0 radical (unpaired) electrons. The zero-order valence-corrected chi connectivity index (χ0v) is 17.1. The fourth-order valence-electron chi connectivity index (χ4n) is 2.87. The van der Waals surface area contributed by atoms with Gasteiger partial charge in [-0.3, -0.25) is 9.10 Å². The minimum atomic E-state index is -3.76. The second-order valence-corrected chi connectivity index (χ2v) is 9.18. The quantitative estimate of drug-likeness (QED) is 0.517. The van der Waals surface area contributed by atoms with Gasteiger partial charge in [-0.1, -0.05) is 24.3 Å². The number of anilines is 2. The maximum Gasteiger partial charge on any atom is 0.264 e. The Morgan fingerprint density at radius 1 is 1.00 bits per heavy atom. The molecule has 1 heterocycles. The lowest BCUT2D eigenvalue weighted by Gasteiger charge is -2.19. The van der Waals surface area contributed by atoms with Gasteiger partial charge in [0, 0.05) is 18.3 Å². The molecule has 1 amide bonds. The SMILES string of the molecule is CN(c1ccccc1)S(=O)(=O)c1cccc(NC(=O)c2ccc3ncsc3c2)c1. The topological polar surface area (TPSA) is 79.4 Å². The number of hydrogen-bond acceptors (Lipinski definition) is 5. The average Bonchev–Trinajstić information content (AvgIpc) is 3.22. The number of sulfonamides is 1. The number of nitrogens with one attached hydrogen (secondary N) is 1. The van der Waals surface area contributed by atoms with Gasteiger partial charge >= 0.3 is 0 Å². The Hall–Kier alpha value is -3.23. The first-order valence-electron chi connectivity index (χ1n) is 8.74. The van der Waals surface area contributed by atoms with Crippen LogP contribution in [-0.4, -0.2) is 26.4 Å². The van der Waals surface area contributed by atoms with Crippen molar-refractivity contribution in [1.29, 1.82) is 0 Å². The van der Waals surface area contributed by atoms with Crippen molar-refractivity contribution in [3.05, 3.63) is 83.9 Å². The van der Waals surface area contributed by atoms with Crippen molar-refractivity contribution in [2.75, 3.05) is 16.7 Å². The van der Waals surface area contributed by atoms with E-state index in [1.54, 1.807) is 60.1 Å². The van der Waals surface area contributed by atoms with Crippen LogP contribution in [0.3, 0.4) is 0 Å². The van der Waals surface area contributed by atoms with Crippen LogP contribution in [0.5, 0.6) is 0 Å². The molecule has 1 N–H and O–H groups in total. The van der Waals surface area contributed by atoms with Gasteiger partial charge in [0.15, 0.2) is 0 Å². The molecule has 0 unspecified atom stereocenters. The number of hydrogen-bond donors (Lipinski definition) is 1. The maximum absolute atomic E-state index is 13.0. The Morgan fingerprint density at radius 3 is 2.59 bits per heavy atom. The van der Waals surface area contributed by atoms with Crippen LogP contribution in [0.15, 0.2) is 83.2 Å². The fourth-order valence-corrected chi connectivity index (χ4v) is 4.83. The molecule has 0 aliphatic carbocycles. The molecule has 0 fully saturated rings. The van der Waals surface area contributed by atoms with E-state index in [4.69, 9.17) is 0 Å². The third kappa shape index (κ3) is 3.85. The van der Waals surface area contributed by atoms with E-state index in [0.717, 1.165) is 10.2 Å². The first kappa shape index (κ1) is 19.1. The molecule has 0 aliphatic heterocycles. The number of nitrogens with zero attached hydrogens (tertiary/aromatic N) is 2. The summed E-state index contributed by atoms with van der Waals surface area (Å²) in [5.41, 5.74) is 4.01. The molecule has 1 aromatic heterocycles. The molecule has 4 aromatic rings. The van der Waals surface area contributed by atoms with Gasteiger partial charge < -0.3 is 5.32 Å². The number of benzene rings is 3. The van der Waals surface area contributed by atoms with E-state index >= 15 is 0 Å². The molecule has 0 spiro atoms. The third-order valence-electron chi connectivity index (χ3n) is 4.46. The van der Waals surface area contributed by atoms with Crippen LogP contribution < -0.4 is 9.62 Å². The highest BCUT2D eigenvalue weighted by Gasteiger charge is 2.21.